The average molecular weight is 1050 g/mol. The number of hydrogen-bond acceptors (Lipinski definition) is 15. The molecule has 0 atom stereocenters. The maximum absolute atomic E-state index is 12.8. The predicted octanol–water partition coefficient (Wildman–Crippen LogP) is 5.28. The summed E-state index contributed by atoms with van der Waals surface area (Å²) in [6, 6.07) is 33.1. The molecule has 6 heterocycles. The molecule has 71 heavy (non-hydrogen) atoms. The third kappa shape index (κ3) is 6.30. The zero-order valence-electron chi connectivity index (χ0n) is 36.1. The van der Waals surface area contributed by atoms with E-state index in [0.717, 1.165) is 16.3 Å². The Hall–Kier alpha value is -7.51. The zero-order chi connectivity index (χ0) is 47.9. The van der Waals surface area contributed by atoms with E-state index in [4.69, 9.17) is 30.0 Å². The van der Waals surface area contributed by atoms with Crippen molar-refractivity contribution in [1.29, 1.82) is 0 Å². The topological polar surface area (TPSA) is 287 Å². The van der Waals surface area contributed by atoms with Crippen molar-refractivity contribution in [2.24, 2.45) is 30.0 Å². The molecule has 0 fully saturated rings. The maximum Gasteiger partial charge on any atom is -0.412 e. The van der Waals surface area contributed by atoms with E-state index < -0.39 is 62.9 Å². The Morgan fingerprint density at radius 3 is 1.27 bits per heavy atom. The number of benzene rings is 8. The van der Waals surface area contributed by atoms with E-state index in [1.165, 1.54) is 42.5 Å². The molecule has 4 aliphatic rings. The minimum absolute atomic E-state index is 0. The number of rotatable bonds is 3. The van der Waals surface area contributed by atoms with Gasteiger partial charge in [0.25, 0.3) is 0 Å². The fraction of sp³-hybridized carbons (Fsp3) is 0.0204. The van der Waals surface area contributed by atoms with Gasteiger partial charge in [0.1, 0.15) is 0 Å². The van der Waals surface area contributed by atoms with Gasteiger partial charge in [-0.25, -0.2) is 0 Å². The van der Waals surface area contributed by atoms with Gasteiger partial charge in [0, 0.05) is 0 Å². The Labute approximate surface area is 408 Å². The zero-order valence-corrected chi connectivity index (χ0v) is 41.0. The molecule has 0 unspecified atom stereocenters. The molecule has 18 nitrogen and oxygen atoms in total. The summed E-state index contributed by atoms with van der Waals surface area (Å²) >= 11 is -2.37. The average Bonchev–Trinajstić information content (AvgIpc) is 3.99. The minimum Gasteiger partial charge on any atom is -0.412 e. The number of nitrogens with zero attached hydrogens (tertiary/aromatic N) is 8. The van der Waals surface area contributed by atoms with E-state index in [1.807, 2.05) is 43.8 Å². The van der Waals surface area contributed by atoms with Gasteiger partial charge in [-0.15, -0.1) is 0 Å². The van der Waals surface area contributed by atoms with Gasteiger partial charge < -0.3 is 5.48 Å². The van der Waals surface area contributed by atoms with Gasteiger partial charge in [-0.1, -0.05) is 0 Å². The van der Waals surface area contributed by atoms with Crippen molar-refractivity contribution >= 4 is 148 Å². The second-order valence-electron chi connectivity index (χ2n) is 17.3. The number of aliphatic imine (C=N–C) groups is 4. The van der Waals surface area contributed by atoms with Crippen LogP contribution in [0.4, 0.5) is 11.6 Å². The first-order chi connectivity index (χ1) is 33.5. The molecule has 0 spiro atoms. The largest absolute Gasteiger partial charge is 0.412 e. The van der Waals surface area contributed by atoms with E-state index >= 15 is 0 Å². The van der Waals surface area contributed by atoms with Crippen molar-refractivity contribution in [2.45, 2.75) is 21.6 Å². The summed E-state index contributed by atoms with van der Waals surface area (Å²) in [5.74, 6) is 1.49. The number of aryl methyl sites for hydroxylation is 1. The van der Waals surface area contributed by atoms with E-state index in [1.54, 1.807) is 48.5 Å². The molecule has 4 aliphatic heterocycles. The molecule has 2 N–H and O–H groups in total. The van der Waals surface area contributed by atoms with Gasteiger partial charge in [0.15, 0.2) is 0 Å². The second-order valence-corrected chi connectivity index (χ2v) is 24.0. The molecule has 1 radical (unpaired) electrons. The van der Waals surface area contributed by atoms with Crippen LogP contribution in [0.3, 0.4) is 0 Å². The van der Waals surface area contributed by atoms with Gasteiger partial charge >= 0.3 is 405 Å². The monoisotopic (exact) mass is 1050 g/mol. The van der Waals surface area contributed by atoms with Gasteiger partial charge in [-0.05, 0) is 0 Å². The van der Waals surface area contributed by atoms with Crippen LogP contribution in [0.2, 0.25) is 0 Å². The van der Waals surface area contributed by atoms with Crippen LogP contribution >= 0.6 is 0 Å². The Bertz CT molecular complexity index is 4910. The van der Waals surface area contributed by atoms with Crippen LogP contribution in [0.25, 0.3) is 64.6 Å². The molecule has 2 aromatic heterocycles. The van der Waals surface area contributed by atoms with Gasteiger partial charge in [-0.2, -0.15) is 0 Å². The molecular formula is C49H25GaN8O10S3-3. The van der Waals surface area contributed by atoms with Crippen LogP contribution in [0, 0.1) is 6.92 Å². The summed E-state index contributed by atoms with van der Waals surface area (Å²) in [6.45, 7) is 2.01. The van der Waals surface area contributed by atoms with Crippen molar-refractivity contribution in [3.63, 3.8) is 0 Å². The maximum atomic E-state index is 12.8. The molecule has 6 bridgehead atoms. The summed E-state index contributed by atoms with van der Waals surface area (Å²) in [6.07, 6.45) is 0. The van der Waals surface area contributed by atoms with E-state index in [2.05, 4.69) is 0 Å². The van der Waals surface area contributed by atoms with E-state index in [-0.39, 0.29) is 38.8 Å². The molecule has 345 valence electrons. The summed E-state index contributed by atoms with van der Waals surface area (Å²) in [5.41, 5.74) is 3.80. The van der Waals surface area contributed by atoms with Crippen LogP contribution in [-0.2, 0) is 30.4 Å². The summed E-state index contributed by atoms with van der Waals surface area (Å²) in [4.78, 5) is 30.0. The Morgan fingerprint density at radius 2 is 0.761 bits per heavy atom. The quantitative estimate of drug-likeness (QED) is 0.164. The number of hydrogen-bond donors (Lipinski definition) is 0. The Morgan fingerprint density at radius 1 is 0.394 bits per heavy atom. The van der Waals surface area contributed by atoms with Crippen molar-refractivity contribution < 1.29 is 44.4 Å². The molecular weight excluding hydrogens is 1030 g/mol. The minimum atomic E-state index is -4.98. The first kappa shape index (κ1) is 43.5. The molecule has 0 aliphatic carbocycles. The van der Waals surface area contributed by atoms with Crippen LogP contribution < -0.4 is 11.0 Å². The first-order valence-electron chi connectivity index (χ1n) is 21.3. The smallest absolute Gasteiger partial charge is 0.412 e. The van der Waals surface area contributed by atoms with Gasteiger partial charge in [-0.3, -0.25) is 0 Å². The van der Waals surface area contributed by atoms with Crippen LogP contribution in [0.15, 0.2) is 166 Å². The molecule has 22 heteroatoms. The van der Waals surface area contributed by atoms with Crippen LogP contribution in [-0.4, -0.2) is 92.2 Å². The fourth-order valence-corrected chi connectivity index (χ4v) is 15.3. The summed E-state index contributed by atoms with van der Waals surface area (Å²) < 4.78 is 119. The molecule has 10 aromatic rings. The van der Waals surface area contributed by atoms with Crippen molar-refractivity contribution in [2.75, 3.05) is 0 Å². The standard InChI is InChI=1S/C49H26N8O9S3.Ga.H2O/c1-22-6-2-7-23-14-31-35(18-27(22)23)46-50-42(31)52-47-37-20-29-25(9-4-12-40(29)68(61,62)63)16-33(37)44(54-47)56-49-38-21-30-26(10-5-13-41(30)69(64,65)66)17-34(38)45(57-49)55-48-36-19-28-24(15-32(36)43(51-46)53-48)8-3-11-39(28)67(58,59)60;;/h2-21H,1H3,(H3-2,50,51,52,53,54,55,56,57,58,59,60,61,62,63,64,65,66);;1H2/q-2;+2;/p-3. The third-order valence-corrected chi connectivity index (χ3v) is 19.0. The van der Waals surface area contributed by atoms with Crippen LogP contribution in [0.5, 0.6) is 0 Å². The molecule has 14 rings (SSSR count). The molecule has 8 aromatic carbocycles. The van der Waals surface area contributed by atoms with E-state index in [0.29, 0.717) is 88.8 Å². The van der Waals surface area contributed by atoms with Crippen molar-refractivity contribution in [3.05, 3.63) is 160 Å². The van der Waals surface area contributed by atoms with E-state index in [9.17, 15) is 38.9 Å². The van der Waals surface area contributed by atoms with Crippen molar-refractivity contribution in [1.82, 2.24) is 6.55 Å². The normalized spacial score (nSPS) is 14.8. The van der Waals surface area contributed by atoms with Crippen molar-refractivity contribution in [3.8, 4) is 0 Å². The Balaban J connectivity index is 0.00000492. The van der Waals surface area contributed by atoms with Gasteiger partial charge in [0.2, 0.25) is 0 Å². The molecule has 0 saturated heterocycles. The number of amidine groups is 4. The molecule has 0 amide bonds. The third-order valence-electron chi connectivity index (χ3n) is 13.3. The second kappa shape index (κ2) is 14.5. The number of aromatic nitrogens is 2. The SMILES string of the molecule is Cc1cccc2cc3c(cc12)C1=NC3=Nc2c3cc4c(S(=O)(=O)[O-])cccc4cc3c3[n]2[Ga][n]2c(c4cc5cccc(S(=O)(=O)[O-])c5cc4c2=NC2=NC(=N3)c3cc4c(S(=O)(=O)[O-])cccc4cc32)=N1.O. The van der Waals surface area contributed by atoms with Crippen LogP contribution in [0.1, 0.15) is 27.8 Å². The van der Waals surface area contributed by atoms with Gasteiger partial charge in [0.05, 0.1) is 0 Å². The summed E-state index contributed by atoms with van der Waals surface area (Å²) in [5, 5.41) is 5.43. The Kier molecular flexibility index (Phi) is 8.91. The molecule has 0 saturated carbocycles. The summed E-state index contributed by atoms with van der Waals surface area (Å²) in [7, 11) is -14.9. The first-order valence-corrected chi connectivity index (χ1v) is 27.7. The predicted molar refractivity (Wildman–Crippen MR) is 263 cm³/mol. The fourth-order valence-electron chi connectivity index (χ4n) is 10.2. The number of fused-ring (bicyclic) bond motifs is 18.